The maximum Gasteiger partial charge on any atom is 0.399 e. The summed E-state index contributed by atoms with van der Waals surface area (Å²) in [5.41, 5.74) is 0.805. The Morgan fingerprint density at radius 2 is 2.10 bits per heavy atom. The number of aromatic nitrogens is 1. The summed E-state index contributed by atoms with van der Waals surface area (Å²) in [4.78, 5) is 4.24. The van der Waals surface area contributed by atoms with E-state index < -0.39 is 0 Å². The predicted octanol–water partition coefficient (Wildman–Crippen LogP) is 4.10. The summed E-state index contributed by atoms with van der Waals surface area (Å²) in [6.07, 6.45) is 1.83. The molecule has 0 spiro atoms. The Morgan fingerprint density at radius 1 is 1.25 bits per heavy atom. The van der Waals surface area contributed by atoms with Gasteiger partial charge in [-0.2, -0.15) is 4.98 Å². The molecule has 5 heteroatoms. The van der Waals surface area contributed by atoms with Gasteiger partial charge < -0.3 is 14.5 Å². The van der Waals surface area contributed by atoms with Crippen LogP contribution in [-0.4, -0.2) is 12.0 Å². The number of nitrogens with zero attached hydrogens (tertiary/aromatic N) is 1. The summed E-state index contributed by atoms with van der Waals surface area (Å²) in [5, 5.41) is 5.25. The van der Waals surface area contributed by atoms with Gasteiger partial charge in [-0.25, -0.2) is 0 Å². The van der Waals surface area contributed by atoms with Crippen molar-refractivity contribution >= 4 is 26.7 Å². The van der Waals surface area contributed by atoms with Crippen LogP contribution < -0.4 is 10.1 Å². The van der Waals surface area contributed by atoms with Gasteiger partial charge in [0.25, 0.3) is 0 Å². The Balaban J connectivity index is 1.91. The quantitative estimate of drug-likeness (QED) is 0.781. The summed E-state index contributed by atoms with van der Waals surface area (Å²) in [7, 11) is 1.86. The van der Waals surface area contributed by atoms with Crippen LogP contribution in [0.5, 0.6) is 11.8 Å². The van der Waals surface area contributed by atoms with E-state index in [4.69, 9.17) is 9.15 Å². The molecule has 0 radical (unpaired) electrons. The number of hydrogen-bond acceptors (Lipinski definition) is 4. The zero-order valence-electron chi connectivity index (χ0n) is 10.9. The Labute approximate surface area is 124 Å². The van der Waals surface area contributed by atoms with E-state index in [1.165, 1.54) is 0 Å². The van der Waals surface area contributed by atoms with Crippen molar-refractivity contribution in [3.05, 3.63) is 52.8 Å². The Bertz CT molecular complexity index is 740. The lowest BCUT2D eigenvalue weighted by atomic mass is 10.1. The lowest BCUT2D eigenvalue weighted by Crippen LogP contribution is -2.04. The van der Waals surface area contributed by atoms with E-state index in [1.54, 1.807) is 6.26 Å². The van der Waals surface area contributed by atoms with Crippen molar-refractivity contribution in [3.63, 3.8) is 0 Å². The van der Waals surface area contributed by atoms with Crippen molar-refractivity contribution in [2.75, 3.05) is 7.05 Å². The van der Waals surface area contributed by atoms with Crippen LogP contribution in [0.1, 0.15) is 5.69 Å². The highest BCUT2D eigenvalue weighted by Gasteiger charge is 2.10. The molecule has 0 saturated heterocycles. The van der Waals surface area contributed by atoms with Gasteiger partial charge in [-0.15, -0.1) is 0 Å². The van der Waals surface area contributed by atoms with Crippen LogP contribution in [0.25, 0.3) is 10.8 Å². The first kappa shape index (κ1) is 13.1. The number of ether oxygens (including phenoxy) is 1. The van der Waals surface area contributed by atoms with Crippen LogP contribution in [0.4, 0.5) is 0 Å². The molecule has 0 fully saturated rings. The first-order valence-corrected chi connectivity index (χ1v) is 7.01. The summed E-state index contributed by atoms with van der Waals surface area (Å²) in [5.74, 6) is 0.682. The molecule has 3 rings (SSSR count). The largest absolute Gasteiger partial charge is 0.417 e. The van der Waals surface area contributed by atoms with Gasteiger partial charge >= 0.3 is 6.08 Å². The van der Waals surface area contributed by atoms with E-state index in [2.05, 4.69) is 32.3 Å². The van der Waals surface area contributed by atoms with Crippen LogP contribution in [0.3, 0.4) is 0 Å². The molecule has 1 heterocycles. The van der Waals surface area contributed by atoms with E-state index >= 15 is 0 Å². The van der Waals surface area contributed by atoms with Crippen LogP contribution >= 0.6 is 15.9 Å². The molecule has 0 amide bonds. The highest BCUT2D eigenvalue weighted by Crippen LogP contribution is 2.35. The zero-order chi connectivity index (χ0) is 13.9. The van der Waals surface area contributed by atoms with Gasteiger partial charge in [0.05, 0.1) is 10.2 Å². The molecule has 20 heavy (non-hydrogen) atoms. The molecule has 0 aliphatic carbocycles. The maximum atomic E-state index is 5.69. The average Bonchev–Trinajstić information content (AvgIpc) is 2.90. The molecule has 4 nitrogen and oxygen atoms in total. The first-order valence-electron chi connectivity index (χ1n) is 6.22. The average molecular weight is 333 g/mol. The van der Waals surface area contributed by atoms with E-state index in [-0.39, 0.29) is 6.08 Å². The van der Waals surface area contributed by atoms with Crippen molar-refractivity contribution in [2.45, 2.75) is 6.54 Å². The summed E-state index contributed by atoms with van der Waals surface area (Å²) < 4.78 is 11.9. The zero-order valence-corrected chi connectivity index (χ0v) is 12.5. The Hall–Kier alpha value is -1.85. The smallest absolute Gasteiger partial charge is 0.399 e. The van der Waals surface area contributed by atoms with Gasteiger partial charge in [0.15, 0.2) is 0 Å². The predicted molar refractivity (Wildman–Crippen MR) is 81.0 cm³/mol. The number of oxazole rings is 1. The lowest BCUT2D eigenvalue weighted by molar-refractivity contribution is 0.329. The molecule has 0 aliphatic rings. The van der Waals surface area contributed by atoms with Gasteiger partial charge in [-0.1, -0.05) is 30.3 Å². The normalized spacial score (nSPS) is 10.9. The van der Waals surface area contributed by atoms with E-state index in [0.717, 1.165) is 20.9 Å². The van der Waals surface area contributed by atoms with Gasteiger partial charge in [0.1, 0.15) is 12.0 Å². The number of benzene rings is 2. The third kappa shape index (κ3) is 2.55. The lowest BCUT2D eigenvalue weighted by Gasteiger charge is -2.06. The third-order valence-electron chi connectivity index (χ3n) is 2.91. The molecular weight excluding hydrogens is 320 g/mol. The fraction of sp³-hybridized carbons (Fsp3) is 0.133. The molecule has 0 saturated carbocycles. The molecule has 0 atom stereocenters. The van der Waals surface area contributed by atoms with Gasteiger partial charge in [0, 0.05) is 6.54 Å². The number of rotatable bonds is 4. The number of halogens is 1. The van der Waals surface area contributed by atoms with E-state index in [9.17, 15) is 0 Å². The molecule has 0 bridgehead atoms. The van der Waals surface area contributed by atoms with Gasteiger partial charge in [-0.3, -0.25) is 0 Å². The number of fused-ring (bicyclic) bond motifs is 1. The fourth-order valence-electron chi connectivity index (χ4n) is 1.98. The van der Waals surface area contributed by atoms with Crippen molar-refractivity contribution in [2.24, 2.45) is 0 Å². The van der Waals surface area contributed by atoms with Crippen LogP contribution in [0, 0.1) is 0 Å². The van der Waals surface area contributed by atoms with Crippen LogP contribution in [0.2, 0.25) is 0 Å². The molecule has 0 unspecified atom stereocenters. The maximum absolute atomic E-state index is 5.69. The minimum absolute atomic E-state index is 0.242. The molecule has 3 aromatic rings. The highest BCUT2D eigenvalue weighted by atomic mass is 79.9. The van der Waals surface area contributed by atoms with Crippen molar-refractivity contribution < 1.29 is 9.15 Å². The number of hydrogen-bond donors (Lipinski definition) is 1. The molecule has 0 aliphatic heterocycles. The van der Waals surface area contributed by atoms with Gasteiger partial charge in [0.2, 0.25) is 0 Å². The summed E-state index contributed by atoms with van der Waals surface area (Å²) in [6.45, 7) is 0.645. The van der Waals surface area contributed by atoms with Gasteiger partial charge in [-0.05, 0) is 39.8 Å². The van der Waals surface area contributed by atoms with Crippen LogP contribution in [-0.2, 0) is 6.54 Å². The Morgan fingerprint density at radius 3 is 2.95 bits per heavy atom. The second-order valence-electron chi connectivity index (χ2n) is 4.34. The molecule has 1 N–H and O–H groups in total. The third-order valence-corrected chi connectivity index (χ3v) is 3.73. The molecule has 102 valence electrons. The standard InChI is InChI=1S/C15H13BrN2O2/c1-17-8-11-9-19-15(18-11)20-13-7-6-10-4-2-3-5-12(10)14(13)16/h2-7,9,17H,8H2,1H3. The SMILES string of the molecule is CNCc1coc(Oc2ccc3ccccc3c2Br)n1. The van der Waals surface area contributed by atoms with Crippen molar-refractivity contribution in [1.29, 1.82) is 0 Å². The minimum atomic E-state index is 0.242. The van der Waals surface area contributed by atoms with Crippen molar-refractivity contribution in [1.82, 2.24) is 10.3 Å². The Kier molecular flexibility index (Phi) is 3.71. The summed E-state index contributed by atoms with van der Waals surface area (Å²) in [6, 6.07) is 12.0. The monoisotopic (exact) mass is 332 g/mol. The second kappa shape index (κ2) is 5.64. The first-order chi connectivity index (χ1) is 9.78. The molecular formula is C15H13BrN2O2. The summed E-state index contributed by atoms with van der Waals surface area (Å²) >= 11 is 3.57. The highest BCUT2D eigenvalue weighted by molar-refractivity contribution is 9.10. The number of nitrogens with one attached hydrogen (secondary N) is 1. The second-order valence-corrected chi connectivity index (χ2v) is 5.13. The molecule has 2 aromatic carbocycles. The fourth-order valence-corrected chi connectivity index (χ4v) is 2.56. The topological polar surface area (TPSA) is 47.3 Å². The molecule has 1 aromatic heterocycles. The minimum Gasteiger partial charge on any atom is -0.417 e. The van der Waals surface area contributed by atoms with Crippen LogP contribution in [0.15, 0.2) is 51.6 Å². The van der Waals surface area contributed by atoms with E-state index in [0.29, 0.717) is 12.3 Å². The van der Waals surface area contributed by atoms with E-state index in [1.807, 2.05) is 37.4 Å². The van der Waals surface area contributed by atoms with Crippen molar-refractivity contribution in [3.8, 4) is 11.8 Å².